The first-order chi connectivity index (χ1) is 9.74. The van der Waals surface area contributed by atoms with E-state index in [4.69, 9.17) is 5.84 Å². The van der Waals surface area contributed by atoms with Gasteiger partial charge in [-0.1, -0.05) is 51.2 Å². The second kappa shape index (κ2) is 7.75. The fourth-order valence-electron chi connectivity index (χ4n) is 3.48. The van der Waals surface area contributed by atoms with E-state index in [9.17, 15) is 4.39 Å². The van der Waals surface area contributed by atoms with Crippen LogP contribution in [-0.4, -0.2) is 0 Å². The van der Waals surface area contributed by atoms with Gasteiger partial charge in [-0.15, -0.1) is 0 Å². The Morgan fingerprint density at radius 2 is 1.85 bits per heavy atom. The molecule has 0 bridgehead atoms. The van der Waals surface area contributed by atoms with Gasteiger partial charge in [-0.3, -0.25) is 11.3 Å². The molecule has 2 nitrogen and oxygen atoms in total. The minimum atomic E-state index is -0.187. The number of hydrogen-bond acceptors (Lipinski definition) is 2. The van der Waals surface area contributed by atoms with Crippen molar-refractivity contribution < 1.29 is 4.39 Å². The third-order valence-electron chi connectivity index (χ3n) is 4.74. The number of rotatable bonds is 6. The zero-order chi connectivity index (χ0) is 14.4. The second-order valence-corrected chi connectivity index (χ2v) is 6.12. The Hall–Kier alpha value is -0.930. The first-order valence-electron chi connectivity index (χ1n) is 7.96. The molecule has 1 atom stereocenters. The lowest BCUT2D eigenvalue weighted by Gasteiger charge is -2.34. The van der Waals surface area contributed by atoms with Crippen molar-refractivity contribution in [3.05, 3.63) is 35.6 Å². The lowest BCUT2D eigenvalue weighted by Crippen LogP contribution is -2.35. The van der Waals surface area contributed by atoms with E-state index < -0.39 is 0 Å². The molecule has 1 aromatic rings. The number of hydrazine groups is 1. The van der Waals surface area contributed by atoms with Gasteiger partial charge < -0.3 is 0 Å². The summed E-state index contributed by atoms with van der Waals surface area (Å²) in [6, 6.07) is 6.90. The molecule has 0 aliphatic heterocycles. The number of nitrogens with two attached hydrogens (primary N) is 1. The Morgan fingerprint density at radius 3 is 2.40 bits per heavy atom. The summed E-state index contributed by atoms with van der Waals surface area (Å²) in [5.74, 6) is 7.03. The van der Waals surface area contributed by atoms with Gasteiger partial charge in [-0.25, -0.2) is 4.39 Å². The van der Waals surface area contributed by atoms with Gasteiger partial charge in [-0.2, -0.15) is 0 Å². The first kappa shape index (κ1) is 15.5. The Bertz CT molecular complexity index is 382. The number of hydrogen-bond donors (Lipinski definition) is 2. The summed E-state index contributed by atoms with van der Waals surface area (Å²) >= 11 is 0. The third-order valence-corrected chi connectivity index (χ3v) is 4.74. The molecule has 1 aliphatic carbocycles. The van der Waals surface area contributed by atoms with Crippen LogP contribution in [0.2, 0.25) is 0 Å². The molecule has 3 heteroatoms. The molecule has 1 aliphatic rings. The van der Waals surface area contributed by atoms with Crippen molar-refractivity contribution in [2.24, 2.45) is 17.7 Å². The van der Waals surface area contributed by atoms with Crippen molar-refractivity contribution in [3.8, 4) is 0 Å². The van der Waals surface area contributed by atoms with E-state index in [1.165, 1.54) is 57.1 Å². The van der Waals surface area contributed by atoms with E-state index in [1.54, 1.807) is 0 Å². The number of nitrogens with one attached hydrogen (secondary N) is 1. The van der Waals surface area contributed by atoms with Gasteiger partial charge in [0.05, 0.1) is 0 Å². The highest BCUT2D eigenvalue weighted by atomic mass is 19.1. The van der Waals surface area contributed by atoms with Crippen LogP contribution in [0.5, 0.6) is 0 Å². The van der Waals surface area contributed by atoms with Gasteiger partial charge >= 0.3 is 0 Å². The van der Waals surface area contributed by atoms with Crippen LogP contribution in [-0.2, 0) is 0 Å². The standard InChI is InChI=1S/C17H27FN2/c1-2-3-4-13-5-7-14(8-6-13)17(20-19)15-9-11-16(18)12-10-15/h9-14,17,20H,2-8,19H2,1H3. The number of halogens is 1. The molecule has 1 aromatic carbocycles. The number of benzene rings is 1. The fourth-order valence-corrected chi connectivity index (χ4v) is 3.48. The summed E-state index contributed by atoms with van der Waals surface area (Å²) in [4.78, 5) is 0. The first-order valence-corrected chi connectivity index (χ1v) is 7.96. The largest absolute Gasteiger partial charge is 0.271 e. The highest BCUT2D eigenvalue weighted by molar-refractivity contribution is 5.20. The van der Waals surface area contributed by atoms with Crippen LogP contribution in [0.25, 0.3) is 0 Å². The van der Waals surface area contributed by atoms with Crippen molar-refractivity contribution in [1.29, 1.82) is 0 Å². The van der Waals surface area contributed by atoms with Crippen molar-refractivity contribution in [3.63, 3.8) is 0 Å². The lowest BCUT2D eigenvalue weighted by atomic mass is 9.75. The van der Waals surface area contributed by atoms with E-state index in [1.807, 2.05) is 12.1 Å². The molecule has 1 saturated carbocycles. The van der Waals surface area contributed by atoms with Crippen LogP contribution in [0, 0.1) is 17.7 Å². The summed E-state index contributed by atoms with van der Waals surface area (Å²) in [5.41, 5.74) is 4.05. The molecule has 0 saturated heterocycles. The van der Waals surface area contributed by atoms with Gasteiger partial charge in [-0.05, 0) is 42.4 Å². The predicted molar refractivity (Wildman–Crippen MR) is 81.4 cm³/mol. The third kappa shape index (κ3) is 4.03. The normalized spacial score (nSPS) is 24.6. The van der Waals surface area contributed by atoms with Gasteiger partial charge in [0.15, 0.2) is 0 Å². The van der Waals surface area contributed by atoms with Crippen LogP contribution in [0.15, 0.2) is 24.3 Å². The summed E-state index contributed by atoms with van der Waals surface area (Å²) < 4.78 is 13.0. The minimum Gasteiger partial charge on any atom is -0.271 e. The van der Waals surface area contributed by atoms with E-state index in [2.05, 4.69) is 12.3 Å². The molecule has 112 valence electrons. The molecule has 0 radical (unpaired) electrons. The SMILES string of the molecule is CCCCC1CCC(C(NN)c2ccc(F)cc2)CC1. The number of unbranched alkanes of at least 4 members (excludes halogenated alkanes) is 1. The van der Waals surface area contributed by atoms with E-state index in [0.29, 0.717) is 5.92 Å². The summed E-state index contributed by atoms with van der Waals surface area (Å²) in [6.07, 6.45) is 9.09. The van der Waals surface area contributed by atoms with Crippen LogP contribution in [0.1, 0.15) is 63.5 Å². The Labute approximate surface area is 121 Å². The van der Waals surface area contributed by atoms with Gasteiger partial charge in [0, 0.05) is 6.04 Å². The average molecular weight is 278 g/mol. The van der Waals surface area contributed by atoms with Gasteiger partial charge in [0.25, 0.3) is 0 Å². The molecular weight excluding hydrogens is 251 g/mol. The van der Waals surface area contributed by atoms with Gasteiger partial charge in [0.1, 0.15) is 5.82 Å². The van der Waals surface area contributed by atoms with Gasteiger partial charge in [0.2, 0.25) is 0 Å². The Kier molecular flexibility index (Phi) is 5.99. The molecule has 1 unspecified atom stereocenters. The van der Waals surface area contributed by atoms with E-state index >= 15 is 0 Å². The van der Waals surface area contributed by atoms with Crippen LogP contribution < -0.4 is 11.3 Å². The Balaban J connectivity index is 1.91. The monoisotopic (exact) mass is 278 g/mol. The highest BCUT2D eigenvalue weighted by Crippen LogP contribution is 2.38. The summed E-state index contributed by atoms with van der Waals surface area (Å²) in [6.45, 7) is 2.26. The van der Waals surface area contributed by atoms with Crippen molar-refractivity contribution in [1.82, 2.24) is 5.43 Å². The lowest BCUT2D eigenvalue weighted by molar-refractivity contribution is 0.213. The highest BCUT2D eigenvalue weighted by Gasteiger charge is 2.27. The maximum absolute atomic E-state index is 13.0. The van der Waals surface area contributed by atoms with Crippen LogP contribution in [0.3, 0.4) is 0 Å². The van der Waals surface area contributed by atoms with Crippen molar-refractivity contribution in [2.75, 3.05) is 0 Å². The predicted octanol–water partition coefficient (Wildman–Crippen LogP) is 4.33. The topological polar surface area (TPSA) is 38.0 Å². The van der Waals surface area contributed by atoms with Crippen LogP contribution >= 0.6 is 0 Å². The summed E-state index contributed by atoms with van der Waals surface area (Å²) in [7, 11) is 0. The maximum Gasteiger partial charge on any atom is 0.123 e. The summed E-state index contributed by atoms with van der Waals surface area (Å²) in [5, 5.41) is 0. The fraction of sp³-hybridized carbons (Fsp3) is 0.647. The molecule has 3 N–H and O–H groups in total. The molecule has 0 amide bonds. The molecular formula is C17H27FN2. The average Bonchev–Trinajstić information content (AvgIpc) is 2.49. The maximum atomic E-state index is 13.0. The molecule has 0 aromatic heterocycles. The molecule has 1 fully saturated rings. The second-order valence-electron chi connectivity index (χ2n) is 6.12. The molecule has 0 heterocycles. The molecule has 2 rings (SSSR count). The van der Waals surface area contributed by atoms with Crippen molar-refractivity contribution in [2.45, 2.75) is 57.9 Å². The Morgan fingerprint density at radius 1 is 1.20 bits per heavy atom. The minimum absolute atomic E-state index is 0.155. The molecule has 0 spiro atoms. The quantitative estimate of drug-likeness (QED) is 0.600. The van der Waals surface area contributed by atoms with Crippen molar-refractivity contribution >= 4 is 0 Å². The zero-order valence-electron chi connectivity index (χ0n) is 12.4. The van der Waals surface area contributed by atoms with E-state index in [-0.39, 0.29) is 11.9 Å². The van der Waals surface area contributed by atoms with E-state index in [0.717, 1.165) is 11.5 Å². The zero-order valence-corrected chi connectivity index (χ0v) is 12.4. The van der Waals surface area contributed by atoms with Crippen LogP contribution in [0.4, 0.5) is 4.39 Å². The smallest absolute Gasteiger partial charge is 0.123 e. The molecule has 20 heavy (non-hydrogen) atoms.